The predicted molar refractivity (Wildman–Crippen MR) is 127 cm³/mol. The molecule has 4 heterocycles. The van der Waals surface area contributed by atoms with Crippen LogP contribution in [0.1, 0.15) is 37.5 Å². The Bertz CT molecular complexity index is 1130. The summed E-state index contributed by atoms with van der Waals surface area (Å²) >= 11 is 1.09. The van der Waals surface area contributed by atoms with Gasteiger partial charge in [0.15, 0.2) is 0 Å². The summed E-state index contributed by atoms with van der Waals surface area (Å²) in [6.07, 6.45) is 0.176. The average Bonchev–Trinajstić information content (AvgIpc) is 3.10. The molecule has 2 saturated heterocycles. The molecule has 2 aromatic rings. The van der Waals surface area contributed by atoms with E-state index in [1.54, 1.807) is 13.0 Å². The minimum absolute atomic E-state index is 0.0718. The second kappa shape index (κ2) is 8.86. The Kier molecular flexibility index (Phi) is 6.31. The maximum absolute atomic E-state index is 12.8. The van der Waals surface area contributed by atoms with Crippen LogP contribution in [0.4, 0.5) is 19.0 Å². The molecular formula is C22H30F3N5O2S2. The van der Waals surface area contributed by atoms with Crippen LogP contribution in [0, 0.1) is 11.3 Å². The summed E-state index contributed by atoms with van der Waals surface area (Å²) in [6, 6.07) is 1.67. The molecule has 0 radical (unpaired) electrons. The van der Waals surface area contributed by atoms with Crippen LogP contribution in [-0.2, 0) is 16.4 Å². The van der Waals surface area contributed by atoms with E-state index in [1.807, 2.05) is 0 Å². The van der Waals surface area contributed by atoms with Crippen LogP contribution in [0.3, 0.4) is 0 Å². The summed E-state index contributed by atoms with van der Waals surface area (Å²) in [7, 11) is -3.14. The van der Waals surface area contributed by atoms with Gasteiger partial charge in [0, 0.05) is 49.1 Å². The Labute approximate surface area is 201 Å². The second-order valence-corrected chi connectivity index (χ2v) is 13.3. The Morgan fingerprint density at radius 2 is 1.85 bits per heavy atom. The van der Waals surface area contributed by atoms with Crippen LogP contribution in [0.25, 0.3) is 10.2 Å². The zero-order valence-electron chi connectivity index (χ0n) is 19.1. The van der Waals surface area contributed by atoms with E-state index in [1.165, 1.54) is 6.33 Å². The number of likely N-dealkylation sites (tertiary alicyclic amines) is 1. The molecule has 3 aliphatic rings. The first-order valence-corrected chi connectivity index (χ1v) is 14.3. The summed E-state index contributed by atoms with van der Waals surface area (Å²) < 4.78 is 64.7. The molecule has 0 atom stereocenters. The van der Waals surface area contributed by atoms with Gasteiger partial charge in [0.25, 0.3) is 0 Å². The van der Waals surface area contributed by atoms with Crippen LogP contribution in [0.2, 0.25) is 0 Å². The van der Waals surface area contributed by atoms with Crippen molar-refractivity contribution < 1.29 is 21.6 Å². The third-order valence-electron chi connectivity index (χ3n) is 7.29. The number of rotatable bonds is 7. The van der Waals surface area contributed by atoms with Gasteiger partial charge < -0.3 is 9.80 Å². The van der Waals surface area contributed by atoms with Gasteiger partial charge in [0.2, 0.25) is 10.0 Å². The highest BCUT2D eigenvalue weighted by Crippen LogP contribution is 2.44. The molecule has 1 N–H and O–H groups in total. The first kappa shape index (κ1) is 24.2. The molecule has 0 unspecified atom stereocenters. The van der Waals surface area contributed by atoms with Gasteiger partial charge in [-0.05, 0) is 44.6 Å². The maximum atomic E-state index is 12.8. The number of halogens is 3. The van der Waals surface area contributed by atoms with E-state index in [-0.39, 0.29) is 22.1 Å². The van der Waals surface area contributed by atoms with Crippen molar-refractivity contribution in [2.75, 3.05) is 43.4 Å². The molecule has 1 saturated carbocycles. The topological polar surface area (TPSA) is 78.4 Å². The number of aromatic nitrogens is 2. The summed E-state index contributed by atoms with van der Waals surface area (Å²) in [6.45, 7) is 6.51. The van der Waals surface area contributed by atoms with Gasteiger partial charge in [-0.3, -0.25) is 0 Å². The first-order chi connectivity index (χ1) is 16.0. The first-order valence-electron chi connectivity index (χ1n) is 11.8. The Hall–Kier alpha value is -1.50. The van der Waals surface area contributed by atoms with Crippen molar-refractivity contribution in [3.63, 3.8) is 0 Å². The van der Waals surface area contributed by atoms with Gasteiger partial charge in [-0.25, -0.2) is 23.1 Å². The number of alkyl halides is 3. The van der Waals surface area contributed by atoms with Crippen molar-refractivity contribution in [3.05, 3.63) is 17.3 Å². The zero-order chi connectivity index (χ0) is 24.1. The van der Waals surface area contributed by atoms with Gasteiger partial charge in [0.1, 0.15) is 17.0 Å². The highest BCUT2D eigenvalue weighted by molar-refractivity contribution is 7.89. The third-order valence-corrected chi connectivity index (χ3v) is 9.79. The standard InChI is InChI=1S/C22H30F3N5O2S2/c1-2-34(31,32)28-16-5-3-15(4-6-16)9-29-10-21(11-29)12-30(13-21)19-18-7-17(8-22(23,24)25)33-20(18)27-14-26-19/h7,14-16,28H,2-6,8-13H2,1H3. The minimum Gasteiger partial charge on any atom is -0.355 e. The molecular weight excluding hydrogens is 487 g/mol. The molecule has 0 amide bonds. The molecule has 2 aromatic heterocycles. The quantitative estimate of drug-likeness (QED) is 0.607. The van der Waals surface area contributed by atoms with E-state index in [9.17, 15) is 21.6 Å². The minimum atomic E-state index is -4.23. The van der Waals surface area contributed by atoms with Crippen LogP contribution in [0.5, 0.6) is 0 Å². The molecule has 0 bridgehead atoms. The van der Waals surface area contributed by atoms with E-state index in [2.05, 4.69) is 24.5 Å². The second-order valence-electron chi connectivity index (χ2n) is 10.2. The lowest BCUT2D eigenvalue weighted by molar-refractivity contribution is -0.126. The fourth-order valence-electron chi connectivity index (χ4n) is 5.74. The summed E-state index contributed by atoms with van der Waals surface area (Å²) in [4.78, 5) is 14.1. The smallest absolute Gasteiger partial charge is 0.355 e. The molecule has 3 fully saturated rings. The van der Waals surface area contributed by atoms with E-state index in [0.29, 0.717) is 16.1 Å². The van der Waals surface area contributed by atoms with E-state index in [4.69, 9.17) is 0 Å². The van der Waals surface area contributed by atoms with E-state index >= 15 is 0 Å². The fraction of sp³-hybridized carbons (Fsp3) is 0.727. The average molecular weight is 518 g/mol. The van der Waals surface area contributed by atoms with Crippen molar-refractivity contribution in [2.45, 2.75) is 51.2 Å². The number of anilines is 1. The van der Waals surface area contributed by atoms with Gasteiger partial charge in [-0.2, -0.15) is 13.2 Å². The molecule has 12 heteroatoms. The number of nitrogens with one attached hydrogen (secondary N) is 1. The number of nitrogens with zero attached hydrogens (tertiary/aromatic N) is 4. The number of hydrogen-bond acceptors (Lipinski definition) is 7. The Balaban J connectivity index is 1.10. The van der Waals surface area contributed by atoms with Crippen molar-refractivity contribution >= 4 is 37.4 Å². The van der Waals surface area contributed by atoms with E-state index in [0.717, 1.165) is 75.6 Å². The van der Waals surface area contributed by atoms with Crippen LogP contribution >= 0.6 is 11.3 Å². The summed E-state index contributed by atoms with van der Waals surface area (Å²) in [5.74, 6) is 1.48. The normalized spacial score (nSPS) is 25.5. The van der Waals surface area contributed by atoms with Crippen molar-refractivity contribution in [3.8, 4) is 0 Å². The van der Waals surface area contributed by atoms with Crippen LogP contribution < -0.4 is 9.62 Å². The Morgan fingerprint density at radius 1 is 1.15 bits per heavy atom. The predicted octanol–water partition coefficient (Wildman–Crippen LogP) is 3.42. The lowest BCUT2D eigenvalue weighted by Gasteiger charge is -2.61. The monoisotopic (exact) mass is 517 g/mol. The lowest BCUT2D eigenvalue weighted by Crippen LogP contribution is -2.72. The number of hydrogen-bond donors (Lipinski definition) is 1. The van der Waals surface area contributed by atoms with E-state index < -0.39 is 22.6 Å². The number of sulfonamides is 1. The molecule has 1 spiro atoms. The highest BCUT2D eigenvalue weighted by atomic mass is 32.2. The summed E-state index contributed by atoms with van der Waals surface area (Å²) in [5.41, 5.74) is 0.246. The van der Waals surface area contributed by atoms with Gasteiger partial charge in [-0.15, -0.1) is 11.3 Å². The highest BCUT2D eigenvalue weighted by Gasteiger charge is 2.52. The van der Waals surface area contributed by atoms with Gasteiger partial charge in [0.05, 0.1) is 17.6 Å². The fourth-order valence-corrected chi connectivity index (χ4v) is 7.67. The lowest BCUT2D eigenvalue weighted by atomic mass is 9.72. The zero-order valence-corrected chi connectivity index (χ0v) is 20.8. The summed E-state index contributed by atoms with van der Waals surface area (Å²) in [5, 5.41) is 0.716. The van der Waals surface area contributed by atoms with Crippen LogP contribution in [0.15, 0.2) is 12.4 Å². The third kappa shape index (κ3) is 5.19. The molecule has 188 valence electrons. The molecule has 34 heavy (non-hydrogen) atoms. The molecule has 5 rings (SSSR count). The number of fused-ring (bicyclic) bond motifs is 1. The maximum Gasteiger partial charge on any atom is 0.393 e. The van der Waals surface area contributed by atoms with Crippen molar-refractivity contribution in [1.29, 1.82) is 0 Å². The SMILES string of the molecule is CCS(=O)(=O)NC1CCC(CN2CC3(C2)CN(c2ncnc4sc(CC(F)(F)F)cc24)C3)CC1. The van der Waals surface area contributed by atoms with Crippen LogP contribution in [-0.4, -0.2) is 74.0 Å². The molecule has 0 aromatic carbocycles. The molecule has 7 nitrogen and oxygen atoms in total. The van der Waals surface area contributed by atoms with Gasteiger partial charge >= 0.3 is 6.18 Å². The number of thiophene rings is 1. The molecule has 1 aliphatic carbocycles. The molecule has 2 aliphatic heterocycles. The van der Waals surface area contributed by atoms with Crippen molar-refractivity contribution in [1.82, 2.24) is 19.6 Å². The Morgan fingerprint density at radius 3 is 2.50 bits per heavy atom. The van der Waals surface area contributed by atoms with Gasteiger partial charge in [-0.1, -0.05) is 0 Å². The van der Waals surface area contributed by atoms with Crippen molar-refractivity contribution in [2.24, 2.45) is 11.3 Å². The largest absolute Gasteiger partial charge is 0.393 e.